The zero-order valence-electron chi connectivity index (χ0n) is 15.2. The van der Waals surface area contributed by atoms with Gasteiger partial charge in [-0.05, 0) is 31.0 Å². The first-order valence-electron chi connectivity index (χ1n) is 8.58. The molecule has 1 aromatic rings. The van der Waals surface area contributed by atoms with Gasteiger partial charge in [-0.1, -0.05) is 13.0 Å². The Hall–Kier alpha value is -1.56. The van der Waals surface area contributed by atoms with Crippen LogP contribution in [0.1, 0.15) is 25.8 Å². The van der Waals surface area contributed by atoms with Gasteiger partial charge in [0.15, 0.2) is 17.5 Å². The summed E-state index contributed by atoms with van der Waals surface area (Å²) in [5.74, 6) is 3.69. The standard InChI is InChI=1S/C18H29N3O2S/c1-5-15-13-21(9-10-24-15)18(19-3)20-12-14-7-8-16(23-6-2)17(11-14)22-4/h7-8,11,15H,5-6,9-10,12-13H2,1-4H3,(H,19,20). The van der Waals surface area contributed by atoms with Crippen molar-refractivity contribution in [2.24, 2.45) is 4.99 Å². The van der Waals surface area contributed by atoms with E-state index in [1.807, 2.05) is 26.1 Å². The van der Waals surface area contributed by atoms with E-state index in [4.69, 9.17) is 9.47 Å². The topological polar surface area (TPSA) is 46.1 Å². The van der Waals surface area contributed by atoms with E-state index >= 15 is 0 Å². The molecule has 2 rings (SSSR count). The summed E-state index contributed by atoms with van der Waals surface area (Å²) in [6, 6.07) is 6.05. The third-order valence-corrected chi connectivity index (χ3v) is 5.46. The molecule has 24 heavy (non-hydrogen) atoms. The molecule has 6 heteroatoms. The lowest BCUT2D eigenvalue weighted by Gasteiger charge is -2.34. The summed E-state index contributed by atoms with van der Waals surface area (Å²) in [6.07, 6.45) is 1.20. The second kappa shape index (κ2) is 9.67. The monoisotopic (exact) mass is 351 g/mol. The summed E-state index contributed by atoms with van der Waals surface area (Å²) in [7, 11) is 3.52. The molecule has 1 unspecified atom stereocenters. The van der Waals surface area contributed by atoms with Crippen molar-refractivity contribution < 1.29 is 9.47 Å². The molecule has 0 aromatic heterocycles. The van der Waals surface area contributed by atoms with Crippen LogP contribution in [0.3, 0.4) is 0 Å². The maximum absolute atomic E-state index is 5.57. The van der Waals surface area contributed by atoms with Gasteiger partial charge < -0.3 is 19.7 Å². The molecular weight excluding hydrogens is 322 g/mol. The molecule has 0 aliphatic carbocycles. The number of methoxy groups -OCH3 is 1. The Bertz CT molecular complexity index is 551. The van der Waals surface area contributed by atoms with Crippen molar-refractivity contribution in [3.63, 3.8) is 0 Å². The molecule has 0 amide bonds. The second-order valence-electron chi connectivity index (χ2n) is 5.67. The van der Waals surface area contributed by atoms with Crippen LogP contribution in [0.4, 0.5) is 0 Å². The quantitative estimate of drug-likeness (QED) is 0.631. The molecule has 0 bridgehead atoms. The van der Waals surface area contributed by atoms with Crippen molar-refractivity contribution in [1.82, 2.24) is 10.2 Å². The molecule has 1 heterocycles. The van der Waals surface area contributed by atoms with Gasteiger partial charge in [0.25, 0.3) is 0 Å². The number of rotatable bonds is 6. The minimum atomic E-state index is 0.631. The average Bonchev–Trinajstić information content (AvgIpc) is 2.63. The Labute approximate surface area is 149 Å². The minimum Gasteiger partial charge on any atom is -0.493 e. The largest absolute Gasteiger partial charge is 0.493 e. The van der Waals surface area contributed by atoms with Crippen LogP contribution in [0.2, 0.25) is 0 Å². The van der Waals surface area contributed by atoms with Crippen LogP contribution < -0.4 is 14.8 Å². The van der Waals surface area contributed by atoms with E-state index in [2.05, 4.69) is 40.0 Å². The van der Waals surface area contributed by atoms with E-state index in [-0.39, 0.29) is 0 Å². The van der Waals surface area contributed by atoms with E-state index in [1.165, 1.54) is 6.42 Å². The number of thioether (sulfide) groups is 1. The Morgan fingerprint density at radius 3 is 2.88 bits per heavy atom. The van der Waals surface area contributed by atoms with Gasteiger partial charge in [-0.25, -0.2) is 0 Å². The molecule has 1 fully saturated rings. The van der Waals surface area contributed by atoms with Crippen LogP contribution in [0, 0.1) is 0 Å². The van der Waals surface area contributed by atoms with Gasteiger partial charge >= 0.3 is 0 Å². The van der Waals surface area contributed by atoms with Crippen LogP contribution in [0.25, 0.3) is 0 Å². The summed E-state index contributed by atoms with van der Waals surface area (Å²) in [6.45, 7) is 7.69. The predicted octanol–water partition coefficient (Wildman–Crippen LogP) is 3.00. The van der Waals surface area contributed by atoms with Gasteiger partial charge in [0, 0.05) is 37.7 Å². The summed E-state index contributed by atoms with van der Waals surface area (Å²) in [5, 5.41) is 4.17. The van der Waals surface area contributed by atoms with Crippen molar-refractivity contribution >= 4 is 17.7 Å². The number of nitrogens with zero attached hydrogens (tertiary/aromatic N) is 2. The van der Waals surface area contributed by atoms with Crippen molar-refractivity contribution in [3.05, 3.63) is 23.8 Å². The molecule has 0 spiro atoms. The Morgan fingerprint density at radius 2 is 2.21 bits per heavy atom. The third kappa shape index (κ3) is 4.97. The molecule has 5 nitrogen and oxygen atoms in total. The fourth-order valence-electron chi connectivity index (χ4n) is 2.77. The molecule has 0 saturated carbocycles. The van der Waals surface area contributed by atoms with Gasteiger partial charge in [-0.15, -0.1) is 0 Å². The van der Waals surface area contributed by atoms with Gasteiger partial charge in [0.05, 0.1) is 13.7 Å². The highest BCUT2D eigenvalue weighted by atomic mass is 32.2. The predicted molar refractivity (Wildman–Crippen MR) is 102 cm³/mol. The van der Waals surface area contributed by atoms with E-state index in [9.17, 15) is 0 Å². The Kier molecular flexibility index (Phi) is 7.56. The molecule has 1 aromatic carbocycles. The Morgan fingerprint density at radius 1 is 1.38 bits per heavy atom. The lowest BCUT2D eigenvalue weighted by molar-refractivity contribution is 0.310. The zero-order chi connectivity index (χ0) is 17.4. The fraction of sp³-hybridized carbons (Fsp3) is 0.611. The van der Waals surface area contributed by atoms with Crippen molar-refractivity contribution in [3.8, 4) is 11.5 Å². The van der Waals surface area contributed by atoms with E-state index in [1.54, 1.807) is 7.11 Å². The molecule has 0 radical (unpaired) electrons. The highest BCUT2D eigenvalue weighted by Crippen LogP contribution is 2.28. The number of hydrogen-bond acceptors (Lipinski definition) is 4. The minimum absolute atomic E-state index is 0.631. The molecule has 1 aliphatic heterocycles. The van der Waals surface area contributed by atoms with Crippen LogP contribution in [0.5, 0.6) is 11.5 Å². The number of nitrogens with one attached hydrogen (secondary N) is 1. The Balaban J connectivity index is 1.98. The second-order valence-corrected chi connectivity index (χ2v) is 7.07. The number of guanidine groups is 1. The molecule has 1 saturated heterocycles. The summed E-state index contributed by atoms with van der Waals surface area (Å²) in [4.78, 5) is 6.81. The average molecular weight is 352 g/mol. The number of hydrogen-bond donors (Lipinski definition) is 1. The smallest absolute Gasteiger partial charge is 0.193 e. The van der Waals surface area contributed by atoms with Gasteiger partial charge in [0.2, 0.25) is 0 Å². The van der Waals surface area contributed by atoms with Gasteiger partial charge in [-0.2, -0.15) is 11.8 Å². The molecule has 1 N–H and O–H groups in total. The molecular formula is C18H29N3O2S. The van der Waals surface area contributed by atoms with Gasteiger partial charge in [-0.3, -0.25) is 4.99 Å². The van der Waals surface area contributed by atoms with E-state index < -0.39 is 0 Å². The molecule has 134 valence electrons. The fourth-order valence-corrected chi connectivity index (χ4v) is 3.95. The number of benzene rings is 1. The number of ether oxygens (including phenoxy) is 2. The SMILES string of the molecule is CCOc1ccc(CNC(=NC)N2CCSC(CC)C2)cc1OC. The van der Waals surface area contributed by atoms with Crippen molar-refractivity contribution in [2.45, 2.75) is 32.1 Å². The first-order valence-corrected chi connectivity index (χ1v) is 9.63. The van der Waals surface area contributed by atoms with Crippen LogP contribution >= 0.6 is 11.8 Å². The highest BCUT2D eigenvalue weighted by molar-refractivity contribution is 8.00. The number of aliphatic imine (C=N–C) groups is 1. The zero-order valence-corrected chi connectivity index (χ0v) is 16.0. The maximum atomic E-state index is 5.57. The van der Waals surface area contributed by atoms with E-state index in [0.717, 1.165) is 48.4 Å². The molecule has 1 atom stereocenters. The van der Waals surface area contributed by atoms with Crippen molar-refractivity contribution in [2.75, 3.05) is 39.6 Å². The molecule has 1 aliphatic rings. The van der Waals surface area contributed by atoms with Crippen LogP contribution in [-0.2, 0) is 6.54 Å². The van der Waals surface area contributed by atoms with E-state index in [0.29, 0.717) is 11.9 Å². The lowest BCUT2D eigenvalue weighted by atomic mass is 10.2. The third-order valence-electron chi connectivity index (χ3n) is 4.08. The van der Waals surface area contributed by atoms with Crippen molar-refractivity contribution in [1.29, 1.82) is 0 Å². The highest BCUT2D eigenvalue weighted by Gasteiger charge is 2.21. The van der Waals surface area contributed by atoms with Crippen LogP contribution in [-0.4, -0.2) is 55.7 Å². The van der Waals surface area contributed by atoms with Gasteiger partial charge in [0.1, 0.15) is 0 Å². The summed E-state index contributed by atoms with van der Waals surface area (Å²) >= 11 is 2.07. The van der Waals surface area contributed by atoms with Crippen LogP contribution in [0.15, 0.2) is 23.2 Å². The lowest BCUT2D eigenvalue weighted by Crippen LogP contribution is -2.47. The maximum Gasteiger partial charge on any atom is 0.193 e. The summed E-state index contributed by atoms with van der Waals surface area (Å²) in [5.41, 5.74) is 1.15. The summed E-state index contributed by atoms with van der Waals surface area (Å²) < 4.78 is 11.0. The first kappa shape index (κ1) is 18.8. The normalized spacial score (nSPS) is 18.4. The first-order chi connectivity index (χ1) is 11.7.